The van der Waals surface area contributed by atoms with E-state index < -0.39 is 35.0 Å². The lowest BCUT2D eigenvalue weighted by Gasteiger charge is -2.33. The van der Waals surface area contributed by atoms with Crippen molar-refractivity contribution in [2.75, 3.05) is 25.1 Å². The van der Waals surface area contributed by atoms with E-state index in [0.29, 0.717) is 30.0 Å². The maximum absolute atomic E-state index is 13.5. The van der Waals surface area contributed by atoms with Crippen LogP contribution in [-0.2, 0) is 23.9 Å². The largest absolute Gasteiger partial charge is 0.466 e. The summed E-state index contributed by atoms with van der Waals surface area (Å²) in [4.78, 5) is 41.2. The third kappa shape index (κ3) is 3.41. The smallest absolute Gasteiger partial charge is 0.312 e. The number of nitrogens with zero attached hydrogens (tertiary/aromatic N) is 1. The number of esters is 1. The van der Waals surface area contributed by atoms with Crippen molar-refractivity contribution < 1.29 is 29.0 Å². The quantitative estimate of drug-likeness (QED) is 0.615. The highest BCUT2D eigenvalue weighted by Crippen LogP contribution is 2.63. The van der Waals surface area contributed by atoms with Crippen LogP contribution >= 0.6 is 11.6 Å². The SMILES string of the molecule is CCOC(=O)[C@H]1[C@H]2C(=O)N(CCCO)C(C(=O)Nc3ccc(Cl)cc3)C23CC[C@]1(C)O3. The van der Waals surface area contributed by atoms with Crippen LogP contribution in [0.1, 0.15) is 33.1 Å². The number of ether oxygens (including phenoxy) is 2. The number of carbonyl (C=O) groups excluding carboxylic acids is 3. The molecular weight excluding hydrogens is 424 g/mol. The number of hydrogen-bond acceptors (Lipinski definition) is 6. The molecule has 1 aromatic carbocycles. The lowest BCUT2D eigenvalue weighted by atomic mass is 9.66. The molecule has 4 rings (SSSR count). The molecule has 3 heterocycles. The second kappa shape index (κ2) is 8.07. The molecule has 3 aliphatic heterocycles. The van der Waals surface area contributed by atoms with Crippen LogP contribution in [-0.4, -0.2) is 64.8 Å². The van der Waals surface area contributed by atoms with Gasteiger partial charge in [0, 0.05) is 23.9 Å². The van der Waals surface area contributed by atoms with Gasteiger partial charge in [-0.3, -0.25) is 14.4 Å². The minimum Gasteiger partial charge on any atom is -0.466 e. The Morgan fingerprint density at radius 2 is 2.03 bits per heavy atom. The molecule has 0 radical (unpaired) electrons. The number of nitrogens with one attached hydrogen (secondary N) is 1. The second-order valence-electron chi connectivity index (χ2n) is 8.58. The molecule has 9 heteroatoms. The fraction of sp³-hybridized carbons (Fsp3) is 0.591. The zero-order valence-corrected chi connectivity index (χ0v) is 18.4. The Morgan fingerprint density at radius 3 is 2.68 bits per heavy atom. The van der Waals surface area contributed by atoms with E-state index in [0.717, 1.165) is 0 Å². The average Bonchev–Trinajstić information content (AvgIpc) is 3.29. The van der Waals surface area contributed by atoms with Crippen molar-refractivity contribution >= 4 is 35.1 Å². The molecule has 0 aliphatic carbocycles. The van der Waals surface area contributed by atoms with Crippen LogP contribution in [0.3, 0.4) is 0 Å². The standard InChI is InChI=1S/C22H27ClN2O6/c1-3-30-20(29)16-15-19(28)25(11-4-12-26)17(22(15)10-9-21(16,2)31-22)18(27)24-14-7-5-13(23)6-8-14/h5-8,15-17,26H,3-4,9-12H2,1-2H3,(H,24,27)/t15-,16+,17?,21-,22?/m0/s1. The fourth-order valence-electron chi connectivity index (χ4n) is 5.54. The van der Waals surface area contributed by atoms with Gasteiger partial charge >= 0.3 is 5.97 Å². The van der Waals surface area contributed by atoms with Gasteiger partial charge < -0.3 is 24.8 Å². The van der Waals surface area contributed by atoms with Crippen LogP contribution in [0.25, 0.3) is 0 Å². The number of amides is 2. The number of halogens is 1. The number of hydrogen-bond donors (Lipinski definition) is 2. The van der Waals surface area contributed by atoms with E-state index in [9.17, 15) is 19.5 Å². The normalized spacial score (nSPS) is 33.5. The minimum atomic E-state index is -1.10. The minimum absolute atomic E-state index is 0.118. The van der Waals surface area contributed by atoms with Crippen LogP contribution in [0.5, 0.6) is 0 Å². The number of carbonyl (C=O) groups is 3. The van der Waals surface area contributed by atoms with Crippen LogP contribution in [0.15, 0.2) is 24.3 Å². The van der Waals surface area contributed by atoms with Crippen molar-refractivity contribution in [1.29, 1.82) is 0 Å². The van der Waals surface area contributed by atoms with Gasteiger partial charge in [-0.1, -0.05) is 11.6 Å². The Bertz CT molecular complexity index is 892. The molecule has 2 N–H and O–H groups in total. The first-order chi connectivity index (χ1) is 14.8. The molecule has 0 aromatic heterocycles. The Balaban J connectivity index is 1.70. The van der Waals surface area contributed by atoms with E-state index in [2.05, 4.69) is 5.32 Å². The summed E-state index contributed by atoms with van der Waals surface area (Å²) < 4.78 is 11.7. The first kappa shape index (κ1) is 22.0. The topological polar surface area (TPSA) is 105 Å². The van der Waals surface area contributed by atoms with Crippen molar-refractivity contribution in [2.24, 2.45) is 11.8 Å². The highest BCUT2D eigenvalue weighted by Gasteiger charge is 2.78. The summed E-state index contributed by atoms with van der Waals surface area (Å²) in [7, 11) is 0. The van der Waals surface area contributed by atoms with Crippen molar-refractivity contribution in [1.82, 2.24) is 4.90 Å². The molecule has 5 atom stereocenters. The lowest BCUT2D eigenvalue weighted by Crippen LogP contribution is -2.53. The highest BCUT2D eigenvalue weighted by molar-refractivity contribution is 6.30. The molecular formula is C22H27ClN2O6. The van der Waals surface area contributed by atoms with E-state index in [1.165, 1.54) is 4.90 Å². The van der Waals surface area contributed by atoms with E-state index in [1.54, 1.807) is 31.2 Å². The Kier molecular flexibility index (Phi) is 5.74. The predicted molar refractivity (Wildman–Crippen MR) is 112 cm³/mol. The second-order valence-corrected chi connectivity index (χ2v) is 9.02. The van der Waals surface area contributed by atoms with Crippen molar-refractivity contribution in [3.05, 3.63) is 29.3 Å². The molecule has 0 saturated carbocycles. The van der Waals surface area contributed by atoms with Crippen molar-refractivity contribution in [3.8, 4) is 0 Å². The Hall–Kier alpha value is -2.16. The number of aliphatic hydroxyl groups excluding tert-OH is 1. The summed E-state index contributed by atoms with van der Waals surface area (Å²) in [6.07, 6.45) is 1.36. The van der Waals surface area contributed by atoms with Crippen LogP contribution in [0.4, 0.5) is 5.69 Å². The third-order valence-electron chi connectivity index (χ3n) is 6.73. The van der Waals surface area contributed by atoms with Crippen molar-refractivity contribution in [2.45, 2.75) is 50.4 Å². The molecule has 8 nitrogen and oxygen atoms in total. The maximum Gasteiger partial charge on any atom is 0.312 e. The highest BCUT2D eigenvalue weighted by atomic mass is 35.5. The molecule has 3 fully saturated rings. The summed E-state index contributed by atoms with van der Waals surface area (Å²) in [6.45, 7) is 3.82. The summed E-state index contributed by atoms with van der Waals surface area (Å²) >= 11 is 5.93. The molecule has 1 aromatic rings. The summed E-state index contributed by atoms with van der Waals surface area (Å²) in [5.41, 5.74) is -1.41. The molecule has 2 amide bonds. The fourth-order valence-corrected chi connectivity index (χ4v) is 5.67. The van der Waals surface area contributed by atoms with E-state index >= 15 is 0 Å². The monoisotopic (exact) mass is 450 g/mol. The number of fused-ring (bicyclic) bond motifs is 1. The van der Waals surface area contributed by atoms with Gasteiger partial charge in [0.2, 0.25) is 11.8 Å². The molecule has 31 heavy (non-hydrogen) atoms. The first-order valence-electron chi connectivity index (χ1n) is 10.6. The van der Waals surface area contributed by atoms with Gasteiger partial charge in [0.25, 0.3) is 0 Å². The third-order valence-corrected chi connectivity index (χ3v) is 6.99. The van der Waals surface area contributed by atoms with Gasteiger partial charge in [0.1, 0.15) is 17.6 Å². The maximum atomic E-state index is 13.5. The summed E-state index contributed by atoms with van der Waals surface area (Å²) in [6, 6.07) is 5.78. The number of aliphatic hydroxyl groups is 1. The lowest BCUT2D eigenvalue weighted by molar-refractivity contribution is -0.159. The van der Waals surface area contributed by atoms with Crippen LogP contribution in [0, 0.1) is 11.8 Å². The molecule has 2 bridgehead atoms. The van der Waals surface area contributed by atoms with Crippen LogP contribution < -0.4 is 5.32 Å². The summed E-state index contributed by atoms with van der Waals surface area (Å²) in [5, 5.41) is 12.7. The number of rotatable bonds is 7. The number of benzene rings is 1. The van der Waals surface area contributed by atoms with Gasteiger partial charge in [0.05, 0.1) is 18.1 Å². The van der Waals surface area contributed by atoms with Gasteiger partial charge in [-0.15, -0.1) is 0 Å². The van der Waals surface area contributed by atoms with Gasteiger partial charge in [-0.05, 0) is 57.4 Å². The molecule has 2 unspecified atom stereocenters. The van der Waals surface area contributed by atoms with E-state index in [1.807, 2.05) is 6.92 Å². The zero-order valence-electron chi connectivity index (χ0n) is 17.6. The Morgan fingerprint density at radius 1 is 1.32 bits per heavy atom. The number of likely N-dealkylation sites (tertiary alicyclic amines) is 1. The van der Waals surface area contributed by atoms with Crippen molar-refractivity contribution in [3.63, 3.8) is 0 Å². The average molecular weight is 451 g/mol. The van der Waals surface area contributed by atoms with E-state index in [-0.39, 0.29) is 31.6 Å². The van der Waals surface area contributed by atoms with Gasteiger partial charge in [-0.25, -0.2) is 0 Å². The summed E-state index contributed by atoms with van der Waals surface area (Å²) in [5.74, 6) is -2.70. The number of anilines is 1. The molecule has 3 aliphatic rings. The molecule has 1 spiro atoms. The molecule has 168 valence electrons. The Labute approximate surface area is 185 Å². The van der Waals surface area contributed by atoms with E-state index in [4.69, 9.17) is 21.1 Å². The zero-order chi connectivity index (χ0) is 22.4. The molecule has 3 saturated heterocycles. The van der Waals surface area contributed by atoms with Crippen LogP contribution in [0.2, 0.25) is 5.02 Å². The predicted octanol–water partition coefficient (Wildman–Crippen LogP) is 1.99. The first-order valence-corrected chi connectivity index (χ1v) is 11.0. The van der Waals surface area contributed by atoms with Gasteiger partial charge in [-0.2, -0.15) is 0 Å². The van der Waals surface area contributed by atoms with Gasteiger partial charge in [0.15, 0.2) is 0 Å².